The van der Waals surface area contributed by atoms with Gasteiger partial charge in [0.05, 0.1) is 22.7 Å². The number of rotatable bonds is 2. The Bertz CT molecular complexity index is 830. The quantitative estimate of drug-likeness (QED) is 0.782. The van der Waals surface area contributed by atoms with E-state index in [0.29, 0.717) is 11.7 Å². The van der Waals surface area contributed by atoms with Crippen molar-refractivity contribution in [2.75, 3.05) is 20.1 Å². The molecule has 1 N–H and O–H groups in total. The van der Waals surface area contributed by atoms with Crippen LogP contribution < -0.4 is 0 Å². The summed E-state index contributed by atoms with van der Waals surface area (Å²) in [5.41, 5.74) is 2.68. The summed E-state index contributed by atoms with van der Waals surface area (Å²) < 4.78 is 11.4. The summed E-state index contributed by atoms with van der Waals surface area (Å²) in [5.74, 6) is 1.92. The van der Waals surface area contributed by atoms with E-state index in [2.05, 4.69) is 32.1 Å². The van der Waals surface area contributed by atoms with Crippen LogP contribution in [-0.4, -0.2) is 51.2 Å². The molecule has 0 amide bonds. The molecule has 1 aliphatic heterocycles. The summed E-state index contributed by atoms with van der Waals surface area (Å²) in [6.45, 7) is 5.63. The lowest BCUT2D eigenvalue weighted by atomic mass is 10.1. The van der Waals surface area contributed by atoms with Crippen molar-refractivity contribution in [2.24, 2.45) is 0 Å². The molecular weight excluding hydrogens is 294 g/mol. The lowest BCUT2D eigenvalue weighted by molar-refractivity contribution is -0.0838. The monoisotopic (exact) mass is 313 g/mol. The lowest BCUT2D eigenvalue weighted by Crippen LogP contribution is -2.40. The maximum absolute atomic E-state index is 5.92. The first-order valence-electron chi connectivity index (χ1n) is 7.73. The highest BCUT2D eigenvalue weighted by Gasteiger charge is 2.29. The summed E-state index contributed by atoms with van der Waals surface area (Å²) in [7, 11) is 2.07. The predicted octanol–water partition coefficient (Wildman–Crippen LogP) is 2.31. The fraction of sp³-hybridized carbons (Fsp3) is 0.438. The van der Waals surface area contributed by atoms with Gasteiger partial charge in [0.2, 0.25) is 5.82 Å². The molecular formula is C16H19N5O2. The van der Waals surface area contributed by atoms with Crippen LogP contribution in [0.3, 0.4) is 0 Å². The van der Waals surface area contributed by atoms with Crippen molar-refractivity contribution in [1.82, 2.24) is 25.0 Å². The third kappa shape index (κ3) is 2.62. The second-order valence-electron chi connectivity index (χ2n) is 6.14. The van der Waals surface area contributed by atoms with Crippen LogP contribution in [0.4, 0.5) is 0 Å². The van der Waals surface area contributed by atoms with Gasteiger partial charge >= 0.3 is 0 Å². The van der Waals surface area contributed by atoms with Crippen LogP contribution in [0.1, 0.15) is 24.7 Å². The highest BCUT2D eigenvalue weighted by atomic mass is 16.5. The number of H-pyrrole nitrogens is 1. The van der Waals surface area contributed by atoms with E-state index in [1.54, 1.807) is 0 Å². The van der Waals surface area contributed by atoms with E-state index in [1.807, 2.05) is 32.0 Å². The number of aromatic amines is 1. The maximum Gasteiger partial charge on any atom is 0.257 e. The van der Waals surface area contributed by atoms with Crippen molar-refractivity contribution in [1.29, 1.82) is 0 Å². The zero-order valence-corrected chi connectivity index (χ0v) is 13.4. The summed E-state index contributed by atoms with van der Waals surface area (Å²) >= 11 is 0. The van der Waals surface area contributed by atoms with Crippen molar-refractivity contribution in [3.05, 3.63) is 29.9 Å². The van der Waals surface area contributed by atoms with Gasteiger partial charge in [-0.3, -0.25) is 0 Å². The largest absolute Gasteiger partial charge is 0.363 e. The number of morpholine rings is 1. The van der Waals surface area contributed by atoms with Crippen LogP contribution in [0.5, 0.6) is 0 Å². The van der Waals surface area contributed by atoms with Crippen LogP contribution in [-0.2, 0) is 4.74 Å². The summed E-state index contributed by atoms with van der Waals surface area (Å²) in [4.78, 5) is 14.5. The third-order valence-electron chi connectivity index (χ3n) is 4.03. The molecule has 1 aliphatic rings. The van der Waals surface area contributed by atoms with Crippen molar-refractivity contribution in [3.8, 4) is 11.4 Å². The van der Waals surface area contributed by atoms with E-state index in [4.69, 9.17) is 9.26 Å². The number of hydrogen-bond donors (Lipinski definition) is 1. The molecule has 3 aromatic rings. The van der Waals surface area contributed by atoms with E-state index in [1.165, 1.54) is 0 Å². The van der Waals surface area contributed by atoms with Crippen LogP contribution in [0, 0.1) is 6.92 Å². The Labute approximate surface area is 133 Å². The minimum Gasteiger partial charge on any atom is -0.363 e. The number of benzene rings is 1. The molecule has 2 atom stereocenters. The zero-order chi connectivity index (χ0) is 16.0. The Morgan fingerprint density at radius 2 is 2.13 bits per heavy atom. The summed E-state index contributed by atoms with van der Waals surface area (Å²) in [5, 5.41) is 4.13. The van der Waals surface area contributed by atoms with Crippen LogP contribution in [0.25, 0.3) is 22.4 Å². The molecule has 0 saturated carbocycles. The molecule has 1 aromatic carbocycles. The molecule has 7 heteroatoms. The van der Waals surface area contributed by atoms with Crippen LogP contribution in [0.15, 0.2) is 22.7 Å². The molecule has 2 aromatic heterocycles. The normalized spacial score (nSPS) is 22.7. The van der Waals surface area contributed by atoms with E-state index in [9.17, 15) is 0 Å². The number of imidazole rings is 1. The molecule has 120 valence electrons. The second-order valence-corrected chi connectivity index (χ2v) is 6.14. The Balaban J connectivity index is 1.69. The Morgan fingerprint density at radius 1 is 1.26 bits per heavy atom. The Morgan fingerprint density at radius 3 is 2.96 bits per heavy atom. The number of para-hydroxylation sites is 1. The number of aryl methyl sites for hydroxylation is 1. The van der Waals surface area contributed by atoms with Gasteiger partial charge in [0.15, 0.2) is 0 Å². The minimum absolute atomic E-state index is 0.145. The van der Waals surface area contributed by atoms with E-state index in [0.717, 1.165) is 35.5 Å². The minimum atomic E-state index is -0.190. The number of ether oxygens (including phenoxy) is 1. The molecule has 0 aliphatic carbocycles. The van der Waals surface area contributed by atoms with Gasteiger partial charge in [-0.1, -0.05) is 11.2 Å². The molecule has 0 radical (unpaired) electrons. The molecule has 1 saturated heterocycles. The van der Waals surface area contributed by atoms with Crippen molar-refractivity contribution in [2.45, 2.75) is 26.1 Å². The van der Waals surface area contributed by atoms with E-state index < -0.39 is 0 Å². The first kappa shape index (κ1) is 14.3. The van der Waals surface area contributed by atoms with Gasteiger partial charge in [-0.15, -0.1) is 0 Å². The molecule has 7 nitrogen and oxygen atoms in total. The van der Waals surface area contributed by atoms with Crippen molar-refractivity contribution >= 4 is 11.0 Å². The summed E-state index contributed by atoms with van der Waals surface area (Å²) in [6, 6.07) is 5.90. The second kappa shape index (κ2) is 5.43. The highest BCUT2D eigenvalue weighted by Crippen LogP contribution is 2.28. The van der Waals surface area contributed by atoms with Gasteiger partial charge in [-0.25, -0.2) is 4.98 Å². The fourth-order valence-corrected chi connectivity index (χ4v) is 3.11. The number of aromatic nitrogens is 4. The molecule has 0 unspecified atom stereocenters. The predicted molar refractivity (Wildman–Crippen MR) is 84.9 cm³/mol. The molecule has 3 heterocycles. The topological polar surface area (TPSA) is 80.1 Å². The maximum atomic E-state index is 5.92. The standard InChI is InChI=1S/C16H19N5O2/c1-9-7-21(3)8-13(22-9)16-19-15(20-23-16)11-5-4-6-12-14(11)18-10(2)17-12/h4-6,9,13H,7-8H2,1-3H3,(H,17,18)/t9-,13-/m1/s1. The molecule has 0 spiro atoms. The number of nitrogens with one attached hydrogen (secondary N) is 1. The van der Waals surface area contributed by atoms with E-state index in [-0.39, 0.29) is 12.2 Å². The molecule has 0 bridgehead atoms. The third-order valence-corrected chi connectivity index (χ3v) is 4.03. The lowest BCUT2D eigenvalue weighted by Gasteiger charge is -2.32. The number of fused-ring (bicyclic) bond motifs is 1. The van der Waals surface area contributed by atoms with Crippen LogP contribution in [0.2, 0.25) is 0 Å². The average Bonchev–Trinajstić information content (AvgIpc) is 3.11. The van der Waals surface area contributed by atoms with Gasteiger partial charge in [0, 0.05) is 13.1 Å². The van der Waals surface area contributed by atoms with Crippen LogP contribution >= 0.6 is 0 Å². The Hall–Kier alpha value is -2.25. The first-order valence-corrected chi connectivity index (χ1v) is 7.73. The van der Waals surface area contributed by atoms with Gasteiger partial charge in [-0.05, 0) is 33.0 Å². The van der Waals surface area contributed by atoms with Crippen molar-refractivity contribution in [3.63, 3.8) is 0 Å². The zero-order valence-electron chi connectivity index (χ0n) is 13.4. The smallest absolute Gasteiger partial charge is 0.257 e. The molecule has 23 heavy (non-hydrogen) atoms. The number of nitrogens with zero attached hydrogens (tertiary/aromatic N) is 4. The Kier molecular flexibility index (Phi) is 3.39. The SMILES string of the molecule is Cc1nc2c(-c3noc([C@H]4CN(C)C[C@@H](C)O4)n3)cccc2[nH]1. The van der Waals surface area contributed by atoms with Crippen molar-refractivity contribution < 1.29 is 9.26 Å². The van der Waals surface area contributed by atoms with Gasteiger partial charge in [0.1, 0.15) is 11.9 Å². The average molecular weight is 313 g/mol. The number of likely N-dealkylation sites (N-methyl/N-ethyl adjacent to an activating group) is 1. The molecule has 4 rings (SSSR count). The van der Waals surface area contributed by atoms with Gasteiger partial charge in [0.25, 0.3) is 5.89 Å². The van der Waals surface area contributed by atoms with E-state index >= 15 is 0 Å². The number of hydrogen-bond acceptors (Lipinski definition) is 6. The molecule has 1 fully saturated rings. The fourth-order valence-electron chi connectivity index (χ4n) is 3.11. The first-order chi connectivity index (χ1) is 11.1. The highest BCUT2D eigenvalue weighted by molar-refractivity contribution is 5.89. The summed E-state index contributed by atoms with van der Waals surface area (Å²) in [6.07, 6.45) is -0.0448. The van der Waals surface area contributed by atoms with Gasteiger partial charge < -0.3 is 19.1 Å². The van der Waals surface area contributed by atoms with Gasteiger partial charge in [-0.2, -0.15) is 4.98 Å².